The molecule has 0 amide bonds. The number of esters is 1. The van der Waals surface area contributed by atoms with Crippen LogP contribution in [0.3, 0.4) is 0 Å². The lowest BCUT2D eigenvalue weighted by atomic mass is 9.99. The first-order valence-corrected chi connectivity index (χ1v) is 27.0. The first-order chi connectivity index (χ1) is 34.1. The Balaban J connectivity index is 2.46. The molecular formula is C57H88O12S. The monoisotopic (exact) mass is 997 g/mol. The van der Waals surface area contributed by atoms with E-state index in [0.717, 1.165) is 116 Å². The number of hydrogen-bond donors (Lipinski definition) is 4. The molecule has 1 fully saturated rings. The number of hydrogen-bond acceptors (Lipinski definition) is 11. The van der Waals surface area contributed by atoms with E-state index < -0.39 is 59.8 Å². The molecule has 70 heavy (non-hydrogen) atoms. The van der Waals surface area contributed by atoms with Crippen molar-refractivity contribution in [3.8, 4) is 0 Å². The van der Waals surface area contributed by atoms with Gasteiger partial charge in [-0.05, 0) is 116 Å². The standard InChI is InChI=1S/C57H88O12S/c1-3-5-7-9-11-13-15-17-19-21-23-25-27-29-31-33-35-37-39-41-43-45-47-65-49-51(50-66-57-55(61)56(69-70(62,63)64)54(60)52(48-58)68-57)67-53(59)46-44-42-40-38-36-34-32-30-28-26-24-22-20-18-16-14-12-10-8-6-4-2/h5-8,11-14,17-20,23-26,29-32,35-38,51-52,54-58,60-61H,3-4,9-10,15-16,21-22,27-28,33-34,39-50H2,1-2H3,(H,62,63,64)/b7-5-,8-6-,13-11-,14-12-,19-17-,20-18-,25-23-,26-24-,31-29-,32-30-,37-35-,38-36-. The fourth-order valence-corrected chi connectivity index (χ4v) is 7.19. The fourth-order valence-electron chi connectivity index (χ4n) is 6.68. The lowest BCUT2D eigenvalue weighted by Crippen LogP contribution is -2.60. The van der Waals surface area contributed by atoms with E-state index in [2.05, 4.69) is 164 Å². The van der Waals surface area contributed by atoms with Gasteiger partial charge in [0.1, 0.15) is 30.5 Å². The van der Waals surface area contributed by atoms with E-state index in [-0.39, 0.29) is 19.6 Å². The van der Waals surface area contributed by atoms with Crippen molar-refractivity contribution in [3.63, 3.8) is 0 Å². The molecule has 6 unspecified atom stereocenters. The van der Waals surface area contributed by atoms with Crippen LogP contribution in [0.1, 0.15) is 142 Å². The van der Waals surface area contributed by atoms with Crippen molar-refractivity contribution in [1.29, 1.82) is 0 Å². The van der Waals surface area contributed by atoms with Gasteiger partial charge in [-0.15, -0.1) is 0 Å². The molecule has 1 heterocycles. The third kappa shape index (κ3) is 38.7. The average molecular weight is 997 g/mol. The number of unbranched alkanes of at least 4 members (excludes halogenated alkanes) is 5. The van der Waals surface area contributed by atoms with Gasteiger partial charge in [0.25, 0.3) is 0 Å². The Kier molecular flexibility index (Phi) is 42.1. The number of rotatable bonds is 42. The third-order valence-electron chi connectivity index (χ3n) is 10.5. The molecule has 0 radical (unpaired) electrons. The molecule has 0 aromatic heterocycles. The van der Waals surface area contributed by atoms with Crippen molar-refractivity contribution in [2.45, 2.75) is 179 Å². The highest BCUT2D eigenvalue weighted by Gasteiger charge is 2.48. The smallest absolute Gasteiger partial charge is 0.397 e. The molecule has 12 nitrogen and oxygen atoms in total. The van der Waals surface area contributed by atoms with Crippen molar-refractivity contribution in [1.82, 2.24) is 0 Å². The summed E-state index contributed by atoms with van der Waals surface area (Å²) in [4.78, 5) is 12.9. The summed E-state index contributed by atoms with van der Waals surface area (Å²) in [5.74, 6) is -0.460. The first-order valence-electron chi connectivity index (χ1n) is 25.6. The summed E-state index contributed by atoms with van der Waals surface area (Å²) in [5.41, 5.74) is 0. The molecule has 0 saturated carbocycles. The second-order valence-electron chi connectivity index (χ2n) is 16.6. The van der Waals surface area contributed by atoms with E-state index in [1.54, 1.807) is 0 Å². The van der Waals surface area contributed by atoms with E-state index >= 15 is 0 Å². The molecule has 1 aliphatic heterocycles. The normalized spacial score (nSPS) is 20.3. The Hall–Kier alpha value is -4.02. The zero-order chi connectivity index (χ0) is 51.0. The van der Waals surface area contributed by atoms with Crippen molar-refractivity contribution < 1.29 is 56.2 Å². The van der Waals surface area contributed by atoms with Crippen molar-refractivity contribution in [2.75, 3.05) is 26.4 Å². The van der Waals surface area contributed by atoms with Gasteiger partial charge < -0.3 is 34.3 Å². The van der Waals surface area contributed by atoms with E-state index in [1.807, 2.05) is 0 Å². The fraction of sp³-hybridized carbons (Fsp3) is 0.561. The van der Waals surface area contributed by atoms with Gasteiger partial charge in [0.15, 0.2) is 6.29 Å². The van der Waals surface area contributed by atoms with Crippen molar-refractivity contribution in [3.05, 3.63) is 146 Å². The predicted octanol–water partition coefficient (Wildman–Crippen LogP) is 12.1. The van der Waals surface area contributed by atoms with Crippen molar-refractivity contribution in [2.24, 2.45) is 0 Å². The van der Waals surface area contributed by atoms with Gasteiger partial charge >= 0.3 is 16.4 Å². The third-order valence-corrected chi connectivity index (χ3v) is 10.9. The van der Waals surface area contributed by atoms with Crippen LogP contribution in [0, 0.1) is 0 Å². The Bertz CT molecular complexity index is 1770. The van der Waals surface area contributed by atoms with E-state index in [0.29, 0.717) is 13.0 Å². The Morgan fingerprint density at radius 3 is 1.34 bits per heavy atom. The highest BCUT2D eigenvalue weighted by atomic mass is 32.3. The molecular weight excluding hydrogens is 909 g/mol. The van der Waals surface area contributed by atoms with Crippen LogP contribution in [-0.4, -0.2) is 97.5 Å². The quantitative estimate of drug-likeness (QED) is 0.0197. The Morgan fingerprint density at radius 1 is 0.543 bits per heavy atom. The molecule has 0 aromatic carbocycles. The highest BCUT2D eigenvalue weighted by Crippen LogP contribution is 2.26. The maximum Gasteiger partial charge on any atom is 0.397 e. The Labute approximate surface area is 422 Å². The maximum absolute atomic E-state index is 12.9. The summed E-state index contributed by atoms with van der Waals surface area (Å²) in [6.07, 6.45) is 60.2. The SMILES string of the molecule is CC/C=C\C/C=C\C/C=C\C/C=C\C/C=C\C/C=C\CCCCCOCC(COC1OC(CO)C(O)C(OS(=O)(=O)O)C1O)OC(=O)CCCC/C=C\C/C=C\C/C=C\C/C=C\C/C=C\C/C=C\CC. The topological polar surface area (TPSA) is 178 Å². The van der Waals surface area contributed by atoms with Crippen LogP contribution in [0.4, 0.5) is 0 Å². The number of aliphatic hydroxyl groups excluding tert-OH is 3. The van der Waals surface area contributed by atoms with Crippen LogP contribution in [-0.2, 0) is 38.3 Å². The second kappa shape index (κ2) is 46.1. The van der Waals surface area contributed by atoms with Gasteiger partial charge in [-0.1, -0.05) is 166 Å². The summed E-state index contributed by atoms with van der Waals surface area (Å²) in [6, 6.07) is 0. The number of allylic oxidation sites excluding steroid dienone is 24. The highest BCUT2D eigenvalue weighted by molar-refractivity contribution is 7.80. The lowest BCUT2D eigenvalue weighted by molar-refractivity contribution is -0.301. The largest absolute Gasteiger partial charge is 0.457 e. The van der Waals surface area contributed by atoms with E-state index in [9.17, 15) is 33.1 Å². The Morgan fingerprint density at radius 2 is 0.943 bits per heavy atom. The number of carbonyl (C=O) groups is 1. The molecule has 1 rings (SSSR count). The van der Waals surface area contributed by atoms with Gasteiger partial charge in [-0.2, -0.15) is 8.42 Å². The van der Waals surface area contributed by atoms with Crippen LogP contribution in [0.25, 0.3) is 0 Å². The summed E-state index contributed by atoms with van der Waals surface area (Å²) in [6.45, 7) is 3.59. The number of ether oxygens (including phenoxy) is 4. The lowest BCUT2D eigenvalue weighted by Gasteiger charge is -2.41. The summed E-state index contributed by atoms with van der Waals surface area (Å²) < 4.78 is 59.2. The van der Waals surface area contributed by atoms with Crippen molar-refractivity contribution >= 4 is 16.4 Å². The van der Waals surface area contributed by atoms with E-state index in [1.165, 1.54) is 0 Å². The zero-order valence-corrected chi connectivity index (χ0v) is 43.1. The molecule has 0 spiro atoms. The molecule has 0 aliphatic carbocycles. The minimum absolute atomic E-state index is 0.0166. The maximum atomic E-state index is 12.9. The molecule has 6 atom stereocenters. The number of carbonyl (C=O) groups excluding carboxylic acids is 1. The van der Waals surface area contributed by atoms with Gasteiger partial charge in [-0.3, -0.25) is 9.35 Å². The summed E-state index contributed by atoms with van der Waals surface area (Å²) in [7, 11) is -5.09. The molecule has 0 bridgehead atoms. The van der Waals surface area contributed by atoms with Gasteiger partial charge in [0.05, 0.1) is 19.8 Å². The minimum atomic E-state index is -5.09. The molecule has 4 N–H and O–H groups in total. The molecule has 1 saturated heterocycles. The van der Waals surface area contributed by atoms with Gasteiger partial charge in [0, 0.05) is 13.0 Å². The van der Waals surface area contributed by atoms with Crippen LogP contribution < -0.4 is 0 Å². The molecule has 13 heteroatoms. The van der Waals surface area contributed by atoms with Gasteiger partial charge in [0.2, 0.25) is 0 Å². The molecule has 394 valence electrons. The van der Waals surface area contributed by atoms with Gasteiger partial charge in [-0.25, -0.2) is 4.18 Å². The summed E-state index contributed by atoms with van der Waals surface area (Å²) in [5, 5.41) is 30.8. The molecule has 1 aliphatic rings. The van der Waals surface area contributed by atoms with Crippen LogP contribution in [0.5, 0.6) is 0 Å². The van der Waals surface area contributed by atoms with Crippen LogP contribution >= 0.6 is 0 Å². The second-order valence-corrected chi connectivity index (χ2v) is 17.7. The zero-order valence-electron chi connectivity index (χ0n) is 42.3. The average Bonchev–Trinajstić information content (AvgIpc) is 3.34. The summed E-state index contributed by atoms with van der Waals surface area (Å²) >= 11 is 0. The molecule has 0 aromatic rings. The van der Waals surface area contributed by atoms with E-state index in [4.69, 9.17) is 18.9 Å². The van der Waals surface area contributed by atoms with Crippen LogP contribution in [0.2, 0.25) is 0 Å². The number of aliphatic hydroxyl groups is 3. The van der Waals surface area contributed by atoms with Crippen LogP contribution in [0.15, 0.2) is 146 Å². The predicted molar refractivity (Wildman–Crippen MR) is 284 cm³/mol. The first kappa shape index (κ1) is 64.0. The minimum Gasteiger partial charge on any atom is -0.457 e.